The van der Waals surface area contributed by atoms with Crippen molar-refractivity contribution in [2.45, 2.75) is 32.2 Å². The Bertz CT molecular complexity index is 553. The predicted molar refractivity (Wildman–Crippen MR) is 73.9 cm³/mol. The highest BCUT2D eigenvalue weighted by molar-refractivity contribution is 5.89. The van der Waals surface area contributed by atoms with Gasteiger partial charge >= 0.3 is 0 Å². The number of rotatable bonds is 4. The molecule has 2 aromatic rings. The summed E-state index contributed by atoms with van der Waals surface area (Å²) in [5.41, 5.74) is 2.41. The number of hydrogen-bond donors (Lipinski definition) is 1. The van der Waals surface area contributed by atoms with E-state index in [0.29, 0.717) is 12.2 Å². The molecule has 0 unspecified atom stereocenters. The standard InChI is InChI=1S/C15H17N3O/c19-15(9-8-12-5-2-1-3-6-12)16-14-11-13-7-4-10-18(13)17-14/h1-3,5-6,11H,4,7-10H2,(H,16,17,19). The molecule has 4 nitrogen and oxygen atoms in total. The number of anilines is 1. The molecule has 3 rings (SSSR count). The fraction of sp³-hybridized carbons (Fsp3) is 0.333. The second kappa shape index (κ2) is 5.26. The SMILES string of the molecule is O=C(CCc1ccccc1)Nc1cc2n(n1)CCC2. The molecule has 2 heterocycles. The maximum Gasteiger partial charge on any atom is 0.225 e. The zero-order valence-electron chi connectivity index (χ0n) is 10.8. The van der Waals surface area contributed by atoms with E-state index in [1.54, 1.807) is 0 Å². The highest BCUT2D eigenvalue weighted by atomic mass is 16.1. The molecule has 1 aliphatic heterocycles. The molecule has 1 aromatic carbocycles. The molecule has 0 saturated heterocycles. The second-order valence-corrected chi connectivity index (χ2v) is 4.88. The first-order valence-electron chi connectivity index (χ1n) is 6.72. The topological polar surface area (TPSA) is 46.9 Å². The van der Waals surface area contributed by atoms with Crippen molar-refractivity contribution in [1.82, 2.24) is 9.78 Å². The molecular weight excluding hydrogens is 238 g/mol. The van der Waals surface area contributed by atoms with Gasteiger partial charge in [-0.15, -0.1) is 0 Å². The number of fused-ring (bicyclic) bond motifs is 1. The summed E-state index contributed by atoms with van der Waals surface area (Å²) in [6.45, 7) is 0.967. The smallest absolute Gasteiger partial charge is 0.225 e. The van der Waals surface area contributed by atoms with Crippen molar-refractivity contribution in [2.75, 3.05) is 5.32 Å². The van der Waals surface area contributed by atoms with Crippen LogP contribution in [0.2, 0.25) is 0 Å². The number of amides is 1. The molecule has 4 heteroatoms. The van der Waals surface area contributed by atoms with Crippen molar-refractivity contribution in [2.24, 2.45) is 0 Å². The van der Waals surface area contributed by atoms with Crippen LogP contribution in [0.1, 0.15) is 24.1 Å². The van der Waals surface area contributed by atoms with Crippen molar-refractivity contribution in [3.8, 4) is 0 Å². The summed E-state index contributed by atoms with van der Waals surface area (Å²) in [4.78, 5) is 11.9. The lowest BCUT2D eigenvalue weighted by atomic mass is 10.1. The van der Waals surface area contributed by atoms with Crippen LogP contribution in [0.4, 0.5) is 5.82 Å². The minimum Gasteiger partial charge on any atom is -0.309 e. The predicted octanol–water partition coefficient (Wildman–Crippen LogP) is 2.40. The average molecular weight is 255 g/mol. The van der Waals surface area contributed by atoms with Crippen molar-refractivity contribution in [1.29, 1.82) is 0 Å². The van der Waals surface area contributed by atoms with Crippen molar-refractivity contribution in [3.05, 3.63) is 47.7 Å². The van der Waals surface area contributed by atoms with Crippen LogP contribution in [0.15, 0.2) is 36.4 Å². The molecule has 98 valence electrons. The van der Waals surface area contributed by atoms with Crippen LogP contribution in [0.3, 0.4) is 0 Å². The lowest BCUT2D eigenvalue weighted by Gasteiger charge is -2.02. The third-order valence-electron chi connectivity index (χ3n) is 3.42. The third kappa shape index (κ3) is 2.84. The molecule has 0 bridgehead atoms. The maximum absolute atomic E-state index is 11.9. The van der Waals surface area contributed by atoms with Crippen LogP contribution in [0.25, 0.3) is 0 Å². The number of hydrogen-bond acceptors (Lipinski definition) is 2. The molecule has 0 atom stereocenters. The maximum atomic E-state index is 11.9. The monoisotopic (exact) mass is 255 g/mol. The van der Waals surface area contributed by atoms with Crippen LogP contribution in [0.5, 0.6) is 0 Å². The zero-order valence-corrected chi connectivity index (χ0v) is 10.8. The fourth-order valence-electron chi connectivity index (χ4n) is 2.43. The quantitative estimate of drug-likeness (QED) is 0.912. The molecular formula is C15H17N3O. The normalized spacial score (nSPS) is 13.3. The number of aryl methyl sites for hydroxylation is 3. The average Bonchev–Trinajstić information content (AvgIpc) is 2.98. The van der Waals surface area contributed by atoms with Crippen LogP contribution < -0.4 is 5.32 Å². The van der Waals surface area contributed by atoms with Gasteiger partial charge < -0.3 is 5.32 Å². The molecule has 0 fully saturated rings. The van der Waals surface area contributed by atoms with E-state index in [1.165, 1.54) is 11.3 Å². The van der Waals surface area contributed by atoms with E-state index in [1.807, 2.05) is 41.1 Å². The van der Waals surface area contributed by atoms with Crippen LogP contribution >= 0.6 is 0 Å². The van der Waals surface area contributed by atoms with Gasteiger partial charge in [0.15, 0.2) is 5.82 Å². The Hall–Kier alpha value is -2.10. The summed E-state index contributed by atoms with van der Waals surface area (Å²) in [5, 5.41) is 7.24. The Morgan fingerprint density at radius 1 is 1.32 bits per heavy atom. The van der Waals surface area contributed by atoms with Gasteiger partial charge in [-0.3, -0.25) is 9.48 Å². The second-order valence-electron chi connectivity index (χ2n) is 4.88. The van der Waals surface area contributed by atoms with Gasteiger partial charge in [0.05, 0.1) is 0 Å². The number of carbonyl (C=O) groups excluding carboxylic acids is 1. The summed E-state index contributed by atoms with van der Waals surface area (Å²) in [6.07, 6.45) is 3.48. The largest absolute Gasteiger partial charge is 0.309 e. The Morgan fingerprint density at radius 2 is 2.16 bits per heavy atom. The highest BCUT2D eigenvalue weighted by Crippen LogP contribution is 2.18. The first-order valence-corrected chi connectivity index (χ1v) is 6.72. The number of benzene rings is 1. The lowest BCUT2D eigenvalue weighted by Crippen LogP contribution is -2.13. The minimum atomic E-state index is 0.0284. The Balaban J connectivity index is 1.53. The van der Waals surface area contributed by atoms with E-state index in [-0.39, 0.29) is 5.91 Å². The van der Waals surface area contributed by atoms with Crippen molar-refractivity contribution >= 4 is 11.7 Å². The van der Waals surface area contributed by atoms with Gasteiger partial charge in [0.2, 0.25) is 5.91 Å². The molecule has 0 saturated carbocycles. The molecule has 1 amide bonds. The molecule has 19 heavy (non-hydrogen) atoms. The first-order chi connectivity index (χ1) is 9.31. The Labute approximate surface area is 112 Å². The van der Waals surface area contributed by atoms with Crippen molar-refractivity contribution in [3.63, 3.8) is 0 Å². The Morgan fingerprint density at radius 3 is 2.95 bits per heavy atom. The first kappa shape index (κ1) is 12.0. The van der Waals surface area contributed by atoms with Gasteiger partial charge in [-0.1, -0.05) is 30.3 Å². The van der Waals surface area contributed by atoms with Crippen LogP contribution in [-0.4, -0.2) is 15.7 Å². The van der Waals surface area contributed by atoms with Crippen LogP contribution in [-0.2, 0) is 24.2 Å². The molecule has 0 spiro atoms. The van der Waals surface area contributed by atoms with E-state index in [9.17, 15) is 4.79 Å². The molecule has 0 radical (unpaired) electrons. The number of carbonyl (C=O) groups is 1. The molecule has 0 aliphatic carbocycles. The van der Waals surface area contributed by atoms with Gasteiger partial charge in [-0.25, -0.2) is 0 Å². The van der Waals surface area contributed by atoms with Gasteiger partial charge in [0, 0.05) is 24.7 Å². The summed E-state index contributed by atoms with van der Waals surface area (Å²) >= 11 is 0. The third-order valence-corrected chi connectivity index (χ3v) is 3.42. The van der Waals surface area contributed by atoms with Gasteiger partial charge in [0.25, 0.3) is 0 Å². The van der Waals surface area contributed by atoms with E-state index in [0.717, 1.165) is 25.8 Å². The fourth-order valence-corrected chi connectivity index (χ4v) is 2.43. The summed E-state index contributed by atoms with van der Waals surface area (Å²) in [7, 11) is 0. The molecule has 1 aromatic heterocycles. The minimum absolute atomic E-state index is 0.0284. The summed E-state index contributed by atoms with van der Waals surface area (Å²) < 4.78 is 1.98. The number of nitrogens with zero attached hydrogens (tertiary/aromatic N) is 2. The van der Waals surface area contributed by atoms with E-state index in [4.69, 9.17) is 0 Å². The summed E-state index contributed by atoms with van der Waals surface area (Å²) in [5.74, 6) is 0.716. The molecule has 1 aliphatic rings. The van der Waals surface area contributed by atoms with Crippen molar-refractivity contribution < 1.29 is 4.79 Å². The lowest BCUT2D eigenvalue weighted by molar-refractivity contribution is -0.116. The van der Waals surface area contributed by atoms with E-state index >= 15 is 0 Å². The van der Waals surface area contributed by atoms with E-state index in [2.05, 4.69) is 10.4 Å². The Kier molecular flexibility index (Phi) is 3.31. The van der Waals surface area contributed by atoms with Crippen LogP contribution in [0, 0.1) is 0 Å². The van der Waals surface area contributed by atoms with Gasteiger partial charge in [0.1, 0.15) is 0 Å². The summed E-state index contributed by atoms with van der Waals surface area (Å²) in [6, 6.07) is 12.0. The number of nitrogens with one attached hydrogen (secondary N) is 1. The highest BCUT2D eigenvalue weighted by Gasteiger charge is 2.14. The van der Waals surface area contributed by atoms with Gasteiger partial charge in [-0.2, -0.15) is 5.10 Å². The van der Waals surface area contributed by atoms with E-state index < -0.39 is 0 Å². The zero-order chi connectivity index (χ0) is 13.1. The molecule has 1 N–H and O–H groups in total. The van der Waals surface area contributed by atoms with Gasteiger partial charge in [-0.05, 0) is 24.8 Å². The number of aromatic nitrogens is 2.